The van der Waals surface area contributed by atoms with Gasteiger partial charge < -0.3 is 24.9 Å². The van der Waals surface area contributed by atoms with Gasteiger partial charge in [-0.3, -0.25) is 14.4 Å². The van der Waals surface area contributed by atoms with Gasteiger partial charge in [0.2, 0.25) is 0 Å². The number of ether oxygens (including phenoxy) is 1. The predicted molar refractivity (Wildman–Crippen MR) is 99.3 cm³/mol. The van der Waals surface area contributed by atoms with Crippen LogP contribution in [0.3, 0.4) is 0 Å². The van der Waals surface area contributed by atoms with Crippen LogP contribution in [0.4, 0.5) is 0 Å². The van der Waals surface area contributed by atoms with Gasteiger partial charge in [-0.1, -0.05) is 17.3 Å². The second-order valence-electron chi connectivity index (χ2n) is 6.79. The number of oxime groups is 1. The number of carbonyl (C=O) groups is 3. The molecule has 0 bridgehead atoms. The molecular formula is C19H23N3O6. The molecule has 2 N–H and O–H groups in total. The molecule has 2 heterocycles. The van der Waals surface area contributed by atoms with E-state index in [0.717, 1.165) is 0 Å². The molecule has 0 saturated carbocycles. The van der Waals surface area contributed by atoms with E-state index in [1.165, 1.54) is 0 Å². The average Bonchev–Trinajstić information content (AvgIpc) is 3.10. The number of carboxylic acids is 1. The second-order valence-corrected chi connectivity index (χ2v) is 6.79. The molecule has 2 aliphatic rings. The smallest absolute Gasteiger partial charge is 0.322 e. The fraction of sp³-hybridized carbons (Fsp3) is 0.474. The number of hydrogen-bond acceptors (Lipinski definition) is 6. The summed E-state index contributed by atoms with van der Waals surface area (Å²) in [5, 5.41) is 14.8. The van der Waals surface area contributed by atoms with E-state index in [1.54, 1.807) is 23.1 Å². The number of nitrogens with zero attached hydrogens (tertiary/aromatic N) is 2. The zero-order valence-electron chi connectivity index (χ0n) is 15.6. The Kier molecular flexibility index (Phi) is 5.81. The zero-order chi connectivity index (χ0) is 20.1. The first-order valence-corrected chi connectivity index (χ1v) is 9.20. The number of rotatable bonds is 6. The van der Waals surface area contributed by atoms with E-state index in [2.05, 4.69) is 10.5 Å². The predicted octanol–water partition coefficient (Wildman–Crippen LogP) is 1.04. The largest absolute Gasteiger partial charge is 0.493 e. The Bertz CT molecular complexity index is 799. The quantitative estimate of drug-likeness (QED) is 0.751. The highest BCUT2D eigenvalue weighted by Gasteiger charge is 2.44. The van der Waals surface area contributed by atoms with E-state index in [4.69, 9.17) is 14.7 Å². The van der Waals surface area contributed by atoms with Crippen LogP contribution >= 0.6 is 0 Å². The topological polar surface area (TPSA) is 118 Å². The number of likely N-dealkylation sites (tertiary alicyclic amines) is 1. The standard InChI is InChI=1S/C19H23N3O6/c1-2-27-15-6-4-3-5-13(15)18(26)22-9-7-19(8-10-22)11-14(21-28-19)17(25)20-12-16(23)24/h3-6H,2,7-12H2,1H3,(H,20,25)(H,23,24). The van der Waals surface area contributed by atoms with Crippen molar-refractivity contribution >= 4 is 23.5 Å². The van der Waals surface area contributed by atoms with E-state index < -0.39 is 24.0 Å². The number of benzene rings is 1. The molecule has 9 heteroatoms. The van der Waals surface area contributed by atoms with Gasteiger partial charge in [-0.15, -0.1) is 0 Å². The summed E-state index contributed by atoms with van der Waals surface area (Å²) < 4.78 is 5.55. The van der Waals surface area contributed by atoms with Crippen LogP contribution < -0.4 is 10.1 Å². The summed E-state index contributed by atoms with van der Waals surface area (Å²) in [4.78, 5) is 42.7. The van der Waals surface area contributed by atoms with Crippen LogP contribution in [0.25, 0.3) is 0 Å². The fourth-order valence-corrected chi connectivity index (χ4v) is 3.38. The maximum Gasteiger partial charge on any atom is 0.322 e. The molecule has 28 heavy (non-hydrogen) atoms. The summed E-state index contributed by atoms with van der Waals surface area (Å²) in [7, 11) is 0. The molecule has 2 aliphatic heterocycles. The van der Waals surface area contributed by atoms with Crippen LogP contribution in [-0.4, -0.2) is 65.3 Å². The lowest BCUT2D eigenvalue weighted by atomic mass is 9.86. The number of hydrogen-bond donors (Lipinski definition) is 2. The first-order valence-electron chi connectivity index (χ1n) is 9.20. The highest BCUT2D eigenvalue weighted by Crippen LogP contribution is 2.35. The maximum atomic E-state index is 12.9. The first-order chi connectivity index (χ1) is 13.4. The Balaban J connectivity index is 1.57. The Hall–Kier alpha value is -3.10. The summed E-state index contributed by atoms with van der Waals surface area (Å²) in [6, 6.07) is 7.15. The van der Waals surface area contributed by atoms with Crippen molar-refractivity contribution in [2.45, 2.75) is 31.8 Å². The van der Waals surface area contributed by atoms with Crippen molar-refractivity contribution in [3.05, 3.63) is 29.8 Å². The molecular weight excluding hydrogens is 366 g/mol. The summed E-state index contributed by atoms with van der Waals surface area (Å²) in [6.45, 7) is 2.82. The molecule has 1 spiro atoms. The van der Waals surface area contributed by atoms with Gasteiger partial charge >= 0.3 is 5.97 Å². The van der Waals surface area contributed by atoms with Crippen molar-refractivity contribution in [3.8, 4) is 5.75 Å². The van der Waals surface area contributed by atoms with Crippen molar-refractivity contribution in [2.75, 3.05) is 26.2 Å². The van der Waals surface area contributed by atoms with Gasteiger partial charge in [-0.25, -0.2) is 0 Å². The molecule has 0 aromatic heterocycles. The Labute approximate surface area is 162 Å². The average molecular weight is 389 g/mol. The van der Waals surface area contributed by atoms with E-state index >= 15 is 0 Å². The molecule has 2 amide bonds. The van der Waals surface area contributed by atoms with Crippen LogP contribution in [-0.2, 0) is 14.4 Å². The van der Waals surface area contributed by atoms with Crippen LogP contribution in [0.1, 0.15) is 36.5 Å². The summed E-state index contributed by atoms with van der Waals surface area (Å²) in [5.41, 5.74) is 0.0897. The minimum atomic E-state index is -1.12. The van der Waals surface area contributed by atoms with Gasteiger partial charge in [0.05, 0.1) is 12.2 Å². The van der Waals surface area contributed by atoms with Crippen molar-refractivity contribution in [1.29, 1.82) is 0 Å². The molecule has 1 saturated heterocycles. The van der Waals surface area contributed by atoms with Crippen molar-refractivity contribution in [2.24, 2.45) is 5.16 Å². The summed E-state index contributed by atoms with van der Waals surface area (Å²) in [5.74, 6) is -1.20. The molecule has 150 valence electrons. The Morgan fingerprint density at radius 2 is 2.00 bits per heavy atom. The van der Waals surface area contributed by atoms with Gasteiger partial charge in [0.1, 0.15) is 23.6 Å². The number of carbonyl (C=O) groups excluding carboxylic acids is 2. The Morgan fingerprint density at radius 1 is 1.29 bits per heavy atom. The number of aliphatic carboxylic acids is 1. The SMILES string of the molecule is CCOc1ccccc1C(=O)N1CCC2(CC1)CC(C(=O)NCC(=O)O)=NO2. The van der Waals surface area contributed by atoms with E-state index in [1.807, 2.05) is 13.0 Å². The lowest BCUT2D eigenvalue weighted by molar-refractivity contribution is -0.137. The van der Waals surface area contributed by atoms with Crippen LogP contribution in [0.15, 0.2) is 29.4 Å². The third kappa shape index (κ3) is 4.24. The van der Waals surface area contributed by atoms with Gasteiger partial charge in [-0.2, -0.15) is 0 Å². The third-order valence-electron chi connectivity index (χ3n) is 4.88. The highest BCUT2D eigenvalue weighted by molar-refractivity contribution is 6.39. The number of amides is 2. The van der Waals surface area contributed by atoms with Crippen molar-refractivity contribution < 1.29 is 29.1 Å². The third-order valence-corrected chi connectivity index (χ3v) is 4.88. The number of para-hydroxylation sites is 1. The van der Waals surface area contributed by atoms with Crippen LogP contribution in [0, 0.1) is 0 Å². The lowest BCUT2D eigenvalue weighted by Gasteiger charge is -2.37. The van der Waals surface area contributed by atoms with Crippen LogP contribution in [0.5, 0.6) is 5.75 Å². The Morgan fingerprint density at radius 3 is 2.68 bits per heavy atom. The first kappa shape index (κ1) is 19.7. The molecule has 3 rings (SSSR count). The normalized spacial score (nSPS) is 17.6. The number of nitrogens with one attached hydrogen (secondary N) is 1. The van der Waals surface area contributed by atoms with Gasteiger partial charge in [-0.05, 0) is 19.1 Å². The van der Waals surface area contributed by atoms with Gasteiger partial charge in [0, 0.05) is 32.4 Å². The van der Waals surface area contributed by atoms with Gasteiger partial charge in [0.15, 0.2) is 0 Å². The maximum absolute atomic E-state index is 12.9. The number of carboxylic acid groups (broad SMARTS) is 1. The molecule has 0 atom stereocenters. The molecule has 9 nitrogen and oxygen atoms in total. The molecule has 1 aromatic rings. The number of piperidine rings is 1. The molecule has 1 aromatic carbocycles. The molecule has 0 unspecified atom stereocenters. The minimum Gasteiger partial charge on any atom is -0.493 e. The summed E-state index contributed by atoms with van der Waals surface area (Å²) in [6.07, 6.45) is 1.37. The fourth-order valence-electron chi connectivity index (χ4n) is 3.38. The van der Waals surface area contributed by atoms with E-state index in [0.29, 0.717) is 50.3 Å². The lowest BCUT2D eigenvalue weighted by Crippen LogP contribution is -2.47. The highest BCUT2D eigenvalue weighted by atomic mass is 16.7. The van der Waals surface area contributed by atoms with Crippen LogP contribution in [0.2, 0.25) is 0 Å². The van der Waals surface area contributed by atoms with Crippen molar-refractivity contribution in [3.63, 3.8) is 0 Å². The minimum absolute atomic E-state index is 0.0998. The van der Waals surface area contributed by atoms with E-state index in [9.17, 15) is 14.4 Å². The molecule has 1 fully saturated rings. The zero-order valence-corrected chi connectivity index (χ0v) is 15.6. The monoisotopic (exact) mass is 389 g/mol. The van der Waals surface area contributed by atoms with Gasteiger partial charge in [0.25, 0.3) is 11.8 Å². The molecule has 0 radical (unpaired) electrons. The second kappa shape index (κ2) is 8.28. The molecule has 0 aliphatic carbocycles. The van der Waals surface area contributed by atoms with E-state index in [-0.39, 0.29) is 11.6 Å². The van der Waals surface area contributed by atoms with Crippen molar-refractivity contribution in [1.82, 2.24) is 10.2 Å². The summed E-state index contributed by atoms with van der Waals surface area (Å²) >= 11 is 0.